The Morgan fingerprint density at radius 3 is 2.65 bits per heavy atom. The molecule has 0 aromatic heterocycles. The van der Waals surface area contributed by atoms with Gasteiger partial charge in [-0.2, -0.15) is 0 Å². The average molecular weight is 238 g/mol. The van der Waals surface area contributed by atoms with Crippen LogP contribution < -0.4 is 4.74 Å². The van der Waals surface area contributed by atoms with Crippen LogP contribution in [0.5, 0.6) is 5.75 Å². The number of carboxylic acids is 1. The van der Waals surface area contributed by atoms with Gasteiger partial charge in [-0.25, -0.2) is 4.39 Å². The van der Waals surface area contributed by atoms with E-state index in [1.54, 1.807) is 6.07 Å². The van der Waals surface area contributed by atoms with E-state index in [0.717, 1.165) is 6.42 Å². The lowest BCUT2D eigenvalue weighted by molar-refractivity contribution is -0.147. The molecule has 0 atom stereocenters. The molecule has 0 bridgehead atoms. The molecule has 1 aliphatic rings. The summed E-state index contributed by atoms with van der Waals surface area (Å²) in [5.41, 5.74) is -0.742. The third-order valence-electron chi connectivity index (χ3n) is 3.38. The van der Waals surface area contributed by atoms with Crippen molar-refractivity contribution in [3.8, 4) is 5.75 Å². The fourth-order valence-corrected chi connectivity index (χ4v) is 2.27. The third-order valence-corrected chi connectivity index (χ3v) is 3.38. The number of hydrogen-bond donors (Lipinski definition) is 1. The van der Waals surface area contributed by atoms with E-state index >= 15 is 0 Å². The molecular weight excluding hydrogens is 223 g/mol. The zero-order chi connectivity index (χ0) is 12.5. The molecular formula is C13H15FO3. The van der Waals surface area contributed by atoms with E-state index in [1.165, 1.54) is 12.1 Å². The van der Waals surface area contributed by atoms with Gasteiger partial charge in [-0.05, 0) is 25.8 Å². The van der Waals surface area contributed by atoms with Crippen molar-refractivity contribution in [1.29, 1.82) is 0 Å². The summed E-state index contributed by atoms with van der Waals surface area (Å²) >= 11 is 0. The molecule has 4 heteroatoms. The molecule has 0 heterocycles. The summed E-state index contributed by atoms with van der Waals surface area (Å²) in [4.78, 5) is 11.3. The Kier molecular flexibility index (Phi) is 3.05. The van der Waals surface area contributed by atoms with Crippen LogP contribution >= 0.6 is 0 Å². The van der Waals surface area contributed by atoms with Gasteiger partial charge < -0.3 is 9.84 Å². The first-order chi connectivity index (χ1) is 8.10. The highest BCUT2D eigenvalue weighted by molar-refractivity contribution is 5.82. The van der Waals surface area contributed by atoms with Gasteiger partial charge in [-0.3, -0.25) is 4.79 Å². The number of rotatable bonds is 4. The molecule has 17 heavy (non-hydrogen) atoms. The predicted molar refractivity (Wildman–Crippen MR) is 60.7 cm³/mol. The highest BCUT2D eigenvalue weighted by Crippen LogP contribution is 2.45. The molecule has 0 radical (unpaired) electrons. The topological polar surface area (TPSA) is 46.5 Å². The van der Waals surface area contributed by atoms with Crippen LogP contribution in [0.4, 0.5) is 4.39 Å². The minimum Gasteiger partial charge on any atom is -0.494 e. The normalized spacial score (nSPS) is 17.3. The van der Waals surface area contributed by atoms with Crippen molar-refractivity contribution in [2.24, 2.45) is 0 Å². The van der Waals surface area contributed by atoms with Crippen LogP contribution in [0.15, 0.2) is 18.2 Å². The van der Waals surface area contributed by atoms with Crippen LogP contribution in [0.3, 0.4) is 0 Å². The molecule has 0 saturated heterocycles. The van der Waals surface area contributed by atoms with Gasteiger partial charge in [-0.15, -0.1) is 0 Å². The monoisotopic (exact) mass is 238 g/mol. The summed E-state index contributed by atoms with van der Waals surface area (Å²) in [7, 11) is 0. The zero-order valence-electron chi connectivity index (χ0n) is 9.70. The van der Waals surface area contributed by atoms with Crippen LogP contribution in [0.2, 0.25) is 0 Å². The molecule has 1 saturated carbocycles. The van der Waals surface area contributed by atoms with Crippen molar-refractivity contribution in [2.75, 3.05) is 6.61 Å². The number of halogens is 1. The number of hydrogen-bond acceptors (Lipinski definition) is 2. The van der Waals surface area contributed by atoms with Gasteiger partial charge in [0, 0.05) is 11.6 Å². The van der Waals surface area contributed by atoms with Gasteiger partial charge in [0.25, 0.3) is 0 Å². The molecule has 1 aromatic rings. The second kappa shape index (κ2) is 4.35. The van der Waals surface area contributed by atoms with Crippen LogP contribution in [0, 0.1) is 5.82 Å². The second-order valence-corrected chi connectivity index (χ2v) is 4.32. The number of carbonyl (C=O) groups is 1. The number of aliphatic carboxylic acids is 1. The molecule has 2 rings (SSSR count). The summed E-state index contributed by atoms with van der Waals surface area (Å²) in [6.45, 7) is 2.28. The van der Waals surface area contributed by atoms with Crippen LogP contribution in [0.25, 0.3) is 0 Å². The van der Waals surface area contributed by atoms with E-state index in [1.807, 2.05) is 6.92 Å². The standard InChI is InChI=1S/C13H15FO3/c1-2-17-9-4-5-10(11(14)8-9)13(12(15)16)6-3-7-13/h4-5,8H,2-3,6-7H2,1H3,(H,15,16). The first-order valence-corrected chi connectivity index (χ1v) is 5.76. The van der Waals surface area contributed by atoms with Gasteiger partial charge in [-0.1, -0.05) is 12.5 Å². The molecule has 1 N–H and O–H groups in total. The first kappa shape index (κ1) is 11.9. The molecule has 0 unspecified atom stereocenters. The maximum atomic E-state index is 13.9. The van der Waals surface area contributed by atoms with Gasteiger partial charge >= 0.3 is 5.97 Å². The van der Waals surface area contributed by atoms with Crippen LogP contribution in [-0.4, -0.2) is 17.7 Å². The predicted octanol–water partition coefficient (Wildman–Crippen LogP) is 2.73. The van der Waals surface area contributed by atoms with E-state index in [9.17, 15) is 14.3 Å². The lowest BCUT2D eigenvalue weighted by atomic mass is 9.64. The highest BCUT2D eigenvalue weighted by atomic mass is 19.1. The quantitative estimate of drug-likeness (QED) is 0.877. The lowest BCUT2D eigenvalue weighted by Gasteiger charge is -2.38. The van der Waals surface area contributed by atoms with Crippen molar-refractivity contribution in [1.82, 2.24) is 0 Å². The molecule has 1 aromatic carbocycles. The van der Waals surface area contributed by atoms with E-state index in [4.69, 9.17) is 4.74 Å². The summed E-state index contributed by atoms with van der Waals surface area (Å²) < 4.78 is 19.1. The average Bonchev–Trinajstić information content (AvgIpc) is 2.19. The maximum absolute atomic E-state index is 13.9. The second-order valence-electron chi connectivity index (χ2n) is 4.32. The highest BCUT2D eigenvalue weighted by Gasteiger charge is 2.47. The Bertz CT molecular complexity index is 438. The van der Waals surface area contributed by atoms with Crippen molar-refractivity contribution in [2.45, 2.75) is 31.6 Å². The van der Waals surface area contributed by atoms with Gasteiger partial charge in [0.15, 0.2) is 0 Å². The smallest absolute Gasteiger partial charge is 0.314 e. The van der Waals surface area contributed by atoms with Gasteiger partial charge in [0.05, 0.1) is 12.0 Å². The van der Waals surface area contributed by atoms with Crippen LogP contribution in [-0.2, 0) is 10.2 Å². The van der Waals surface area contributed by atoms with Crippen molar-refractivity contribution in [3.63, 3.8) is 0 Å². The van der Waals surface area contributed by atoms with E-state index < -0.39 is 17.2 Å². The largest absolute Gasteiger partial charge is 0.494 e. The van der Waals surface area contributed by atoms with Crippen molar-refractivity contribution >= 4 is 5.97 Å². The number of carboxylic acid groups (broad SMARTS) is 1. The molecule has 0 amide bonds. The van der Waals surface area contributed by atoms with E-state index in [0.29, 0.717) is 25.2 Å². The Hall–Kier alpha value is -1.58. The molecule has 3 nitrogen and oxygen atoms in total. The SMILES string of the molecule is CCOc1ccc(C2(C(=O)O)CCC2)c(F)c1. The number of benzene rings is 1. The fourth-order valence-electron chi connectivity index (χ4n) is 2.27. The molecule has 92 valence electrons. The Morgan fingerprint density at radius 2 is 2.24 bits per heavy atom. The summed E-state index contributed by atoms with van der Waals surface area (Å²) in [5.74, 6) is -0.988. The number of ether oxygens (including phenoxy) is 1. The summed E-state index contributed by atoms with van der Waals surface area (Å²) in [6.07, 6.45) is 1.85. The maximum Gasteiger partial charge on any atom is 0.314 e. The molecule has 0 spiro atoms. The first-order valence-electron chi connectivity index (χ1n) is 5.76. The summed E-state index contributed by atoms with van der Waals surface area (Å²) in [6, 6.07) is 4.43. The molecule has 1 fully saturated rings. The minimum atomic E-state index is -1.02. The van der Waals surface area contributed by atoms with E-state index in [-0.39, 0.29) is 5.56 Å². The molecule has 0 aliphatic heterocycles. The Balaban J connectivity index is 2.36. The molecule has 1 aliphatic carbocycles. The summed E-state index contributed by atoms with van der Waals surface area (Å²) in [5, 5.41) is 9.24. The van der Waals surface area contributed by atoms with Gasteiger partial charge in [0.2, 0.25) is 0 Å². The van der Waals surface area contributed by atoms with Crippen molar-refractivity contribution < 1.29 is 19.0 Å². The third kappa shape index (κ3) is 1.88. The Morgan fingerprint density at radius 1 is 1.53 bits per heavy atom. The van der Waals surface area contributed by atoms with E-state index in [2.05, 4.69) is 0 Å². The fraction of sp³-hybridized carbons (Fsp3) is 0.462. The lowest BCUT2D eigenvalue weighted by Crippen LogP contribution is -2.43. The van der Waals surface area contributed by atoms with Gasteiger partial charge in [0.1, 0.15) is 11.6 Å². The Labute approximate surface area is 99.2 Å². The van der Waals surface area contributed by atoms with Crippen LogP contribution in [0.1, 0.15) is 31.7 Å². The minimum absolute atomic E-state index is 0.278. The zero-order valence-corrected chi connectivity index (χ0v) is 9.70. The van der Waals surface area contributed by atoms with Crippen molar-refractivity contribution in [3.05, 3.63) is 29.6 Å².